The molecule has 0 saturated carbocycles. The maximum atomic E-state index is 5.79. The summed E-state index contributed by atoms with van der Waals surface area (Å²) < 4.78 is 0. The van der Waals surface area contributed by atoms with E-state index < -0.39 is 0 Å². The lowest BCUT2D eigenvalue weighted by Gasteiger charge is -2.27. The Hall–Kier alpha value is -1.38. The summed E-state index contributed by atoms with van der Waals surface area (Å²) in [5.41, 5.74) is 7.27. The number of nitrogens with one attached hydrogen (secondary N) is 1. The Morgan fingerprint density at radius 3 is 2.53 bits per heavy atom. The van der Waals surface area contributed by atoms with Crippen molar-refractivity contribution in [2.75, 3.05) is 13.1 Å². The van der Waals surface area contributed by atoms with Gasteiger partial charge < -0.3 is 11.1 Å². The first-order valence-corrected chi connectivity index (χ1v) is 6.95. The van der Waals surface area contributed by atoms with Gasteiger partial charge in [0.1, 0.15) is 0 Å². The Kier molecular flexibility index (Phi) is 4.23. The number of hydrogen-bond acceptors (Lipinski definition) is 2. The van der Waals surface area contributed by atoms with Gasteiger partial charge in [-0.15, -0.1) is 0 Å². The summed E-state index contributed by atoms with van der Waals surface area (Å²) in [5.74, 6) is 0. The van der Waals surface area contributed by atoms with Gasteiger partial charge in [-0.05, 0) is 23.3 Å². The second kappa shape index (κ2) is 5.72. The minimum atomic E-state index is 0.0930. The topological polar surface area (TPSA) is 38.0 Å². The Morgan fingerprint density at radius 1 is 1.11 bits per heavy atom. The van der Waals surface area contributed by atoms with Crippen LogP contribution in [-0.2, 0) is 5.41 Å². The van der Waals surface area contributed by atoms with Crippen molar-refractivity contribution in [3.8, 4) is 0 Å². The van der Waals surface area contributed by atoms with Crippen LogP contribution in [0, 0.1) is 0 Å². The SMILES string of the molecule is CC(N)CNCC(C)(C)c1cccc2ccccc12. The minimum Gasteiger partial charge on any atom is -0.327 e. The van der Waals surface area contributed by atoms with Gasteiger partial charge in [-0.25, -0.2) is 0 Å². The summed E-state index contributed by atoms with van der Waals surface area (Å²) in [5, 5.41) is 6.11. The molecule has 0 aliphatic rings. The Bertz CT molecular complexity index is 538. The Balaban J connectivity index is 2.27. The van der Waals surface area contributed by atoms with Crippen LogP contribution in [0.3, 0.4) is 0 Å². The minimum absolute atomic E-state index is 0.0930. The zero-order valence-electron chi connectivity index (χ0n) is 12.1. The molecule has 0 aromatic heterocycles. The van der Waals surface area contributed by atoms with Crippen LogP contribution in [0.15, 0.2) is 42.5 Å². The molecule has 102 valence electrons. The number of benzene rings is 2. The summed E-state index contributed by atoms with van der Waals surface area (Å²) in [4.78, 5) is 0. The van der Waals surface area contributed by atoms with Crippen LogP contribution in [0.2, 0.25) is 0 Å². The van der Waals surface area contributed by atoms with Gasteiger partial charge in [0.05, 0.1) is 0 Å². The molecule has 19 heavy (non-hydrogen) atoms. The zero-order chi connectivity index (χ0) is 13.9. The second-order valence-electron chi connectivity index (χ2n) is 6.02. The first-order chi connectivity index (χ1) is 9.00. The first kappa shape index (κ1) is 14.0. The van der Waals surface area contributed by atoms with Crippen LogP contribution in [0.1, 0.15) is 26.3 Å². The summed E-state index contributed by atoms with van der Waals surface area (Å²) in [7, 11) is 0. The summed E-state index contributed by atoms with van der Waals surface area (Å²) >= 11 is 0. The van der Waals surface area contributed by atoms with E-state index >= 15 is 0 Å². The lowest BCUT2D eigenvalue weighted by atomic mass is 9.81. The smallest absolute Gasteiger partial charge is 0.0136 e. The molecule has 2 nitrogen and oxygen atoms in total. The van der Waals surface area contributed by atoms with Gasteiger partial charge >= 0.3 is 0 Å². The van der Waals surface area contributed by atoms with E-state index in [1.54, 1.807) is 0 Å². The van der Waals surface area contributed by atoms with Crippen LogP contribution in [-0.4, -0.2) is 19.1 Å². The van der Waals surface area contributed by atoms with E-state index in [0.717, 1.165) is 13.1 Å². The van der Waals surface area contributed by atoms with E-state index in [2.05, 4.69) is 61.6 Å². The molecule has 0 amide bonds. The van der Waals surface area contributed by atoms with E-state index in [1.807, 2.05) is 6.92 Å². The highest BCUT2D eigenvalue weighted by atomic mass is 14.9. The van der Waals surface area contributed by atoms with E-state index in [-0.39, 0.29) is 11.5 Å². The average Bonchev–Trinajstić information content (AvgIpc) is 2.37. The third-order valence-corrected chi connectivity index (χ3v) is 3.55. The molecule has 0 aliphatic carbocycles. The molecular weight excluding hydrogens is 232 g/mol. The fourth-order valence-corrected chi connectivity index (χ4v) is 2.52. The molecule has 2 heteroatoms. The van der Waals surface area contributed by atoms with Crippen molar-refractivity contribution in [1.82, 2.24) is 5.32 Å². The molecule has 0 heterocycles. The lowest BCUT2D eigenvalue weighted by molar-refractivity contribution is 0.461. The molecule has 0 saturated heterocycles. The van der Waals surface area contributed by atoms with Crippen LogP contribution < -0.4 is 11.1 Å². The fraction of sp³-hybridized carbons (Fsp3) is 0.412. The highest BCUT2D eigenvalue weighted by molar-refractivity contribution is 5.86. The van der Waals surface area contributed by atoms with E-state index in [4.69, 9.17) is 5.73 Å². The van der Waals surface area contributed by atoms with Crippen LogP contribution in [0.4, 0.5) is 0 Å². The monoisotopic (exact) mass is 256 g/mol. The van der Waals surface area contributed by atoms with E-state index in [9.17, 15) is 0 Å². The molecule has 0 bridgehead atoms. The maximum Gasteiger partial charge on any atom is 0.0136 e. The molecule has 2 aromatic rings. The van der Waals surface area contributed by atoms with Crippen molar-refractivity contribution >= 4 is 10.8 Å². The van der Waals surface area contributed by atoms with Gasteiger partial charge in [-0.1, -0.05) is 56.3 Å². The third-order valence-electron chi connectivity index (χ3n) is 3.55. The van der Waals surface area contributed by atoms with E-state index in [0.29, 0.717) is 0 Å². The normalized spacial score (nSPS) is 13.7. The van der Waals surface area contributed by atoms with Crippen LogP contribution in [0.5, 0.6) is 0 Å². The summed E-state index contributed by atoms with van der Waals surface area (Å²) in [6.45, 7) is 8.38. The quantitative estimate of drug-likeness (QED) is 0.863. The standard InChI is InChI=1S/C17H24N2/c1-13(18)11-19-12-17(2,3)16-10-6-8-14-7-4-5-9-15(14)16/h4-10,13,19H,11-12,18H2,1-3H3. The predicted octanol–water partition coefficient (Wildman–Crippen LogP) is 3.05. The van der Waals surface area contributed by atoms with Crippen molar-refractivity contribution in [1.29, 1.82) is 0 Å². The molecule has 2 rings (SSSR count). The number of fused-ring (bicyclic) bond motifs is 1. The van der Waals surface area contributed by atoms with Gasteiger partial charge in [-0.2, -0.15) is 0 Å². The molecule has 0 fully saturated rings. The third kappa shape index (κ3) is 3.34. The molecule has 3 N–H and O–H groups in total. The van der Waals surface area contributed by atoms with Gasteiger partial charge in [0, 0.05) is 24.5 Å². The van der Waals surface area contributed by atoms with Crippen molar-refractivity contribution in [2.45, 2.75) is 32.2 Å². The Morgan fingerprint density at radius 2 is 1.79 bits per heavy atom. The van der Waals surface area contributed by atoms with Crippen LogP contribution in [0.25, 0.3) is 10.8 Å². The van der Waals surface area contributed by atoms with Crippen molar-refractivity contribution in [3.63, 3.8) is 0 Å². The molecule has 0 radical (unpaired) electrons. The molecule has 2 aromatic carbocycles. The molecule has 1 unspecified atom stereocenters. The van der Waals surface area contributed by atoms with E-state index in [1.165, 1.54) is 16.3 Å². The molecule has 0 aliphatic heterocycles. The lowest BCUT2D eigenvalue weighted by Crippen LogP contribution is -2.39. The molecule has 0 spiro atoms. The van der Waals surface area contributed by atoms with Crippen molar-refractivity contribution in [3.05, 3.63) is 48.0 Å². The Labute approximate surface area is 116 Å². The highest BCUT2D eigenvalue weighted by Crippen LogP contribution is 2.29. The number of rotatable bonds is 5. The first-order valence-electron chi connectivity index (χ1n) is 6.95. The highest BCUT2D eigenvalue weighted by Gasteiger charge is 2.22. The summed E-state index contributed by atoms with van der Waals surface area (Å²) in [6.07, 6.45) is 0. The number of hydrogen-bond donors (Lipinski definition) is 2. The average molecular weight is 256 g/mol. The van der Waals surface area contributed by atoms with Crippen molar-refractivity contribution in [2.24, 2.45) is 5.73 Å². The van der Waals surface area contributed by atoms with Gasteiger partial charge in [0.25, 0.3) is 0 Å². The predicted molar refractivity (Wildman–Crippen MR) is 83.5 cm³/mol. The van der Waals surface area contributed by atoms with Crippen molar-refractivity contribution < 1.29 is 0 Å². The zero-order valence-corrected chi connectivity index (χ0v) is 12.1. The maximum absolute atomic E-state index is 5.79. The number of nitrogens with two attached hydrogens (primary N) is 1. The second-order valence-corrected chi connectivity index (χ2v) is 6.02. The van der Waals surface area contributed by atoms with Gasteiger partial charge in [0.15, 0.2) is 0 Å². The largest absolute Gasteiger partial charge is 0.327 e. The van der Waals surface area contributed by atoms with Gasteiger partial charge in [0.2, 0.25) is 0 Å². The van der Waals surface area contributed by atoms with Gasteiger partial charge in [-0.3, -0.25) is 0 Å². The summed E-state index contributed by atoms with van der Waals surface area (Å²) in [6, 6.07) is 15.3. The molecule has 1 atom stereocenters. The van der Waals surface area contributed by atoms with Crippen LogP contribution >= 0.6 is 0 Å². The molecular formula is C17H24N2. The fourth-order valence-electron chi connectivity index (χ4n) is 2.52.